The summed E-state index contributed by atoms with van der Waals surface area (Å²) in [5.41, 5.74) is 5.08. The van der Waals surface area contributed by atoms with Gasteiger partial charge >= 0.3 is 0 Å². The number of ether oxygens (including phenoxy) is 4. The van der Waals surface area contributed by atoms with Crippen LogP contribution in [0.5, 0.6) is 0 Å². The van der Waals surface area contributed by atoms with Crippen LogP contribution in [0.1, 0.15) is 63.5 Å². The van der Waals surface area contributed by atoms with Crippen LogP contribution in [0.15, 0.2) is 77.8 Å². The average molecular weight is 877 g/mol. The summed E-state index contributed by atoms with van der Waals surface area (Å²) in [5.74, 6) is -0.192. The number of imide groups is 2. The highest BCUT2D eigenvalue weighted by atomic mass is 16.6. The van der Waals surface area contributed by atoms with Gasteiger partial charge in [-0.1, -0.05) is 24.3 Å². The highest BCUT2D eigenvalue weighted by Crippen LogP contribution is 2.31. The van der Waals surface area contributed by atoms with E-state index in [1.165, 1.54) is 0 Å². The Hall–Kier alpha value is -6.34. The lowest BCUT2D eigenvalue weighted by Crippen LogP contribution is -2.54. The SMILES string of the molecule is O=C1CCC(N2C(=O)c3cccc(CCCOCCOCCOCCOCCC(=O)N4CCN(c5ccc(-c6cnc(CCc7ccco7)n7cnnc67)cc5)CC4)c3C2=O)C(=O)N1. The summed E-state index contributed by atoms with van der Waals surface area (Å²) >= 11 is 0. The Morgan fingerprint density at radius 2 is 1.50 bits per heavy atom. The van der Waals surface area contributed by atoms with Gasteiger partial charge in [-0.05, 0) is 60.7 Å². The number of aromatic nitrogens is 4. The average Bonchev–Trinajstić information content (AvgIpc) is 4.08. The molecule has 2 aromatic carbocycles. The minimum Gasteiger partial charge on any atom is -0.469 e. The number of piperidine rings is 1. The number of hydrogen-bond donors (Lipinski definition) is 1. The largest absolute Gasteiger partial charge is 0.469 e. The van der Waals surface area contributed by atoms with Gasteiger partial charge in [-0.3, -0.25) is 38.6 Å². The van der Waals surface area contributed by atoms with Crippen LogP contribution in [0.25, 0.3) is 16.8 Å². The van der Waals surface area contributed by atoms with Crippen LogP contribution >= 0.6 is 0 Å². The highest BCUT2D eigenvalue weighted by molar-refractivity contribution is 6.24. The molecule has 18 heteroatoms. The van der Waals surface area contributed by atoms with Gasteiger partial charge in [0, 0.05) is 69.5 Å². The van der Waals surface area contributed by atoms with Gasteiger partial charge in [-0.25, -0.2) is 4.98 Å². The molecular formula is C46H52N8O10. The quantitative estimate of drug-likeness (QED) is 0.0785. The molecule has 0 aliphatic carbocycles. The summed E-state index contributed by atoms with van der Waals surface area (Å²) in [6.45, 7) is 5.92. The van der Waals surface area contributed by atoms with Crippen molar-refractivity contribution in [3.05, 3.63) is 102 Å². The second kappa shape index (κ2) is 21.4. The lowest BCUT2D eigenvalue weighted by molar-refractivity contribution is -0.136. The van der Waals surface area contributed by atoms with Crippen LogP contribution in [0.3, 0.4) is 0 Å². The van der Waals surface area contributed by atoms with E-state index in [1.807, 2.05) is 27.6 Å². The molecule has 336 valence electrons. The maximum absolute atomic E-state index is 13.3. The van der Waals surface area contributed by atoms with Crippen molar-refractivity contribution in [3.63, 3.8) is 0 Å². The number of nitrogens with zero attached hydrogens (tertiary/aromatic N) is 7. The number of hydrogen-bond acceptors (Lipinski definition) is 14. The molecule has 18 nitrogen and oxygen atoms in total. The summed E-state index contributed by atoms with van der Waals surface area (Å²) in [4.78, 5) is 73.0. The van der Waals surface area contributed by atoms with E-state index in [-0.39, 0.29) is 24.3 Å². The van der Waals surface area contributed by atoms with Crippen molar-refractivity contribution in [1.82, 2.24) is 34.7 Å². The van der Waals surface area contributed by atoms with Crippen LogP contribution in [0, 0.1) is 0 Å². The topological polar surface area (TPSA) is 200 Å². The second-order valence-corrected chi connectivity index (χ2v) is 15.7. The van der Waals surface area contributed by atoms with Crippen molar-refractivity contribution in [3.8, 4) is 11.1 Å². The normalized spacial score (nSPS) is 16.6. The zero-order valence-corrected chi connectivity index (χ0v) is 35.7. The molecule has 64 heavy (non-hydrogen) atoms. The smallest absolute Gasteiger partial charge is 0.262 e. The van der Waals surface area contributed by atoms with Crippen molar-refractivity contribution < 1.29 is 47.3 Å². The number of anilines is 1. The Kier molecular flexibility index (Phi) is 14.8. The lowest BCUT2D eigenvalue weighted by Gasteiger charge is -2.36. The monoisotopic (exact) mass is 876 g/mol. The number of carbonyl (C=O) groups excluding carboxylic acids is 5. The molecule has 0 spiro atoms. The molecule has 1 N–H and O–H groups in total. The van der Waals surface area contributed by atoms with Crippen molar-refractivity contribution in [1.29, 1.82) is 0 Å². The third kappa shape index (κ3) is 10.5. The Morgan fingerprint density at radius 1 is 0.766 bits per heavy atom. The molecule has 0 saturated carbocycles. The number of aryl methyl sites for hydroxylation is 3. The van der Waals surface area contributed by atoms with Crippen LogP contribution in [-0.2, 0) is 52.6 Å². The van der Waals surface area contributed by atoms with E-state index in [2.05, 4.69) is 44.7 Å². The van der Waals surface area contributed by atoms with E-state index >= 15 is 0 Å². The number of piperazine rings is 1. The van der Waals surface area contributed by atoms with Gasteiger partial charge in [-0.15, -0.1) is 10.2 Å². The van der Waals surface area contributed by atoms with Gasteiger partial charge in [0.25, 0.3) is 11.8 Å². The van der Waals surface area contributed by atoms with Crippen molar-refractivity contribution in [2.24, 2.45) is 0 Å². The van der Waals surface area contributed by atoms with Gasteiger partial charge in [0.05, 0.1) is 70.1 Å². The van der Waals surface area contributed by atoms with Crippen LogP contribution in [0.4, 0.5) is 5.69 Å². The number of amides is 5. The first-order valence-electron chi connectivity index (χ1n) is 21.8. The molecule has 2 fully saturated rings. The first kappa shape index (κ1) is 44.3. The van der Waals surface area contributed by atoms with Crippen LogP contribution in [-0.4, -0.2) is 144 Å². The third-order valence-corrected chi connectivity index (χ3v) is 11.6. The molecule has 1 atom stereocenters. The molecule has 2 saturated heterocycles. The fourth-order valence-corrected chi connectivity index (χ4v) is 8.25. The van der Waals surface area contributed by atoms with Gasteiger partial charge in [0.15, 0.2) is 5.65 Å². The first-order chi connectivity index (χ1) is 31.4. The summed E-state index contributed by atoms with van der Waals surface area (Å²) < 4.78 is 29.9. The molecule has 0 radical (unpaired) electrons. The summed E-state index contributed by atoms with van der Waals surface area (Å²) in [7, 11) is 0. The maximum Gasteiger partial charge on any atom is 0.262 e. The van der Waals surface area contributed by atoms with Gasteiger partial charge in [0.2, 0.25) is 17.7 Å². The minimum atomic E-state index is -0.992. The molecule has 6 heterocycles. The molecular weight excluding hydrogens is 825 g/mol. The number of furan rings is 1. The van der Waals surface area contributed by atoms with E-state index < -0.39 is 29.7 Å². The summed E-state index contributed by atoms with van der Waals surface area (Å²) in [6.07, 6.45) is 8.33. The molecule has 3 aliphatic heterocycles. The molecule has 8 rings (SSSR count). The Bertz CT molecular complexity index is 2410. The van der Waals surface area contributed by atoms with Crippen LogP contribution in [0.2, 0.25) is 0 Å². The van der Waals surface area contributed by atoms with E-state index in [1.54, 1.807) is 30.8 Å². The van der Waals surface area contributed by atoms with E-state index in [0.29, 0.717) is 97.2 Å². The Morgan fingerprint density at radius 3 is 2.22 bits per heavy atom. The molecule has 0 bridgehead atoms. The minimum absolute atomic E-state index is 0.0749. The zero-order chi connectivity index (χ0) is 44.3. The Balaban J connectivity index is 0.638. The maximum atomic E-state index is 13.3. The second-order valence-electron chi connectivity index (χ2n) is 15.7. The number of benzene rings is 2. The highest BCUT2D eigenvalue weighted by Gasteiger charge is 2.45. The first-order valence-corrected chi connectivity index (χ1v) is 21.8. The lowest BCUT2D eigenvalue weighted by atomic mass is 9.99. The predicted octanol–water partition coefficient (Wildman–Crippen LogP) is 3.31. The molecule has 5 amide bonds. The fraction of sp³-hybridized carbons (Fsp3) is 0.435. The van der Waals surface area contributed by atoms with Gasteiger partial charge in [-0.2, -0.15) is 0 Å². The van der Waals surface area contributed by atoms with Crippen molar-refractivity contribution >= 4 is 40.9 Å². The van der Waals surface area contributed by atoms with E-state index in [4.69, 9.17) is 28.3 Å². The van der Waals surface area contributed by atoms with Crippen molar-refractivity contribution in [2.45, 2.75) is 51.0 Å². The van der Waals surface area contributed by atoms with Gasteiger partial charge in [0.1, 0.15) is 24.0 Å². The molecule has 5 aromatic rings. The van der Waals surface area contributed by atoms with E-state index in [0.717, 1.165) is 64.0 Å². The Labute approximate surface area is 369 Å². The molecule has 1 unspecified atom stereocenters. The zero-order valence-electron chi connectivity index (χ0n) is 35.7. The summed E-state index contributed by atoms with van der Waals surface area (Å²) in [6, 6.07) is 16.3. The summed E-state index contributed by atoms with van der Waals surface area (Å²) in [5, 5.41) is 10.7. The fourth-order valence-electron chi connectivity index (χ4n) is 8.25. The standard InChI is InChI=1S/C46H52N8O10/c55-40-15-13-38(44(57)49-40)54-45(58)36-7-1-4-33(42(36)46(54)59)5-2-21-60-24-26-62-28-29-63-27-25-61-23-16-41(56)52-19-17-51(18-20-52)34-10-8-32(9-11-34)37-30-47-39(53-31-48-50-43(37)53)14-12-35-6-3-22-64-35/h1,3-4,6-11,22,30-31,38H,2,5,12-21,23-29H2,(H,49,55,57). The predicted molar refractivity (Wildman–Crippen MR) is 230 cm³/mol. The van der Waals surface area contributed by atoms with Crippen molar-refractivity contribution in [2.75, 3.05) is 83.9 Å². The van der Waals surface area contributed by atoms with Gasteiger partial charge < -0.3 is 33.2 Å². The van der Waals surface area contributed by atoms with E-state index in [9.17, 15) is 24.0 Å². The molecule has 3 aliphatic rings. The number of carbonyl (C=O) groups is 5. The molecule has 3 aromatic heterocycles. The number of fused-ring (bicyclic) bond motifs is 2. The third-order valence-electron chi connectivity index (χ3n) is 11.6. The number of nitrogens with one attached hydrogen (secondary N) is 1. The number of rotatable bonds is 22. The van der Waals surface area contributed by atoms with Crippen LogP contribution < -0.4 is 10.2 Å².